The summed E-state index contributed by atoms with van der Waals surface area (Å²) in [5.41, 5.74) is 1.75. The van der Waals surface area contributed by atoms with E-state index in [-0.39, 0.29) is 23.8 Å². The molecule has 0 radical (unpaired) electrons. The Bertz CT molecular complexity index is 900. The lowest BCUT2D eigenvalue weighted by Gasteiger charge is -2.53. The molecule has 0 N–H and O–H groups in total. The molecule has 166 valence electrons. The van der Waals surface area contributed by atoms with Crippen LogP contribution in [0.1, 0.15) is 61.9 Å². The molecule has 0 spiro atoms. The molecule has 4 aliphatic heterocycles. The molecule has 0 aromatic heterocycles. The van der Waals surface area contributed by atoms with Gasteiger partial charge in [-0.1, -0.05) is 38.5 Å². The van der Waals surface area contributed by atoms with Crippen molar-refractivity contribution >= 4 is 17.7 Å². The molecule has 1 aromatic rings. The van der Waals surface area contributed by atoms with E-state index in [1.807, 2.05) is 34.1 Å². The maximum Gasteiger partial charge on any atom is 0.255 e. The van der Waals surface area contributed by atoms with Crippen LogP contribution in [0.3, 0.4) is 0 Å². The normalized spacial score (nSPS) is 29.5. The molecule has 0 saturated carbocycles. The van der Waals surface area contributed by atoms with Crippen LogP contribution in [0.2, 0.25) is 0 Å². The predicted octanol–water partition coefficient (Wildman–Crippen LogP) is 2.92. The number of piperidine rings is 3. The second kappa shape index (κ2) is 7.95. The van der Waals surface area contributed by atoms with Crippen LogP contribution in [-0.2, 0) is 16.1 Å². The van der Waals surface area contributed by atoms with Gasteiger partial charge in [-0.3, -0.25) is 14.4 Å². The van der Waals surface area contributed by atoms with Crippen molar-refractivity contribution in [3.05, 3.63) is 35.4 Å². The van der Waals surface area contributed by atoms with Gasteiger partial charge in [0.05, 0.1) is 0 Å². The Labute approximate surface area is 184 Å². The number of fused-ring (bicyclic) bond motifs is 5. The van der Waals surface area contributed by atoms with Crippen LogP contribution in [0, 0.1) is 17.8 Å². The summed E-state index contributed by atoms with van der Waals surface area (Å²) >= 11 is 0. The van der Waals surface area contributed by atoms with E-state index in [4.69, 9.17) is 0 Å². The number of carbonyl (C=O) groups is 3. The van der Waals surface area contributed by atoms with E-state index < -0.39 is 6.04 Å². The highest BCUT2D eigenvalue weighted by Crippen LogP contribution is 2.39. The second-order valence-corrected chi connectivity index (χ2v) is 10.0. The van der Waals surface area contributed by atoms with Crippen molar-refractivity contribution in [2.45, 2.75) is 64.6 Å². The highest BCUT2D eigenvalue weighted by atomic mass is 16.2. The summed E-state index contributed by atoms with van der Waals surface area (Å²) in [6.45, 7) is 6.90. The fraction of sp³-hybridized carbons (Fsp3) is 0.640. The molecule has 5 atom stereocenters. The second-order valence-electron chi connectivity index (χ2n) is 10.0. The van der Waals surface area contributed by atoms with Gasteiger partial charge in [-0.2, -0.15) is 0 Å². The quantitative estimate of drug-likeness (QED) is 0.748. The molecule has 5 rings (SSSR count). The van der Waals surface area contributed by atoms with Gasteiger partial charge in [-0.25, -0.2) is 0 Å². The lowest BCUT2D eigenvalue weighted by atomic mass is 9.75. The third-order valence-electron chi connectivity index (χ3n) is 8.11. The fourth-order valence-corrected chi connectivity index (χ4v) is 6.39. The van der Waals surface area contributed by atoms with Crippen molar-refractivity contribution < 1.29 is 14.4 Å². The van der Waals surface area contributed by atoms with Gasteiger partial charge in [-0.05, 0) is 48.6 Å². The molecule has 0 unspecified atom stereocenters. The fourth-order valence-electron chi connectivity index (χ4n) is 6.39. The number of hydrogen-bond donors (Lipinski definition) is 0. The van der Waals surface area contributed by atoms with Crippen molar-refractivity contribution in [3.63, 3.8) is 0 Å². The third kappa shape index (κ3) is 3.44. The highest BCUT2D eigenvalue weighted by molar-refractivity contribution is 6.01. The van der Waals surface area contributed by atoms with Crippen molar-refractivity contribution in [2.24, 2.45) is 17.8 Å². The first kappa shape index (κ1) is 20.5. The average molecular weight is 424 g/mol. The summed E-state index contributed by atoms with van der Waals surface area (Å²) in [7, 11) is 0. The molecule has 0 aliphatic carbocycles. The Morgan fingerprint density at radius 3 is 2.74 bits per heavy atom. The predicted molar refractivity (Wildman–Crippen MR) is 117 cm³/mol. The number of hydrogen-bond acceptors (Lipinski definition) is 3. The van der Waals surface area contributed by atoms with Crippen LogP contribution in [0.25, 0.3) is 0 Å². The Morgan fingerprint density at radius 1 is 1.16 bits per heavy atom. The van der Waals surface area contributed by atoms with Gasteiger partial charge < -0.3 is 14.7 Å². The summed E-state index contributed by atoms with van der Waals surface area (Å²) < 4.78 is 0. The van der Waals surface area contributed by atoms with Crippen LogP contribution < -0.4 is 0 Å². The maximum absolute atomic E-state index is 13.9. The molecule has 4 aliphatic rings. The number of likely N-dealkylation sites (tertiary alicyclic amines) is 1. The lowest BCUT2D eigenvalue weighted by Crippen LogP contribution is -2.63. The molecular formula is C25H33N3O3. The Morgan fingerprint density at radius 2 is 1.97 bits per heavy atom. The number of benzene rings is 1. The maximum atomic E-state index is 13.9. The average Bonchev–Trinajstić information content (AvgIpc) is 3.10. The first-order valence-corrected chi connectivity index (χ1v) is 11.9. The van der Waals surface area contributed by atoms with Crippen molar-refractivity contribution in [3.8, 4) is 0 Å². The van der Waals surface area contributed by atoms with E-state index in [0.717, 1.165) is 43.4 Å². The van der Waals surface area contributed by atoms with Gasteiger partial charge in [0.1, 0.15) is 6.04 Å². The van der Waals surface area contributed by atoms with Gasteiger partial charge in [0.2, 0.25) is 11.8 Å². The van der Waals surface area contributed by atoms with E-state index >= 15 is 0 Å². The van der Waals surface area contributed by atoms with Gasteiger partial charge in [0.25, 0.3) is 5.91 Å². The van der Waals surface area contributed by atoms with Crippen LogP contribution in [-0.4, -0.2) is 64.1 Å². The minimum absolute atomic E-state index is 0.0181. The number of rotatable bonds is 4. The molecule has 6 nitrogen and oxygen atoms in total. The molecule has 3 fully saturated rings. The summed E-state index contributed by atoms with van der Waals surface area (Å²) in [4.78, 5) is 45.4. The molecule has 6 heteroatoms. The van der Waals surface area contributed by atoms with E-state index in [1.165, 1.54) is 0 Å². The first-order chi connectivity index (χ1) is 15.0. The number of carbonyl (C=O) groups excluding carboxylic acids is 3. The minimum Gasteiger partial charge on any atom is -0.340 e. The lowest BCUT2D eigenvalue weighted by molar-refractivity contribution is -0.151. The zero-order chi connectivity index (χ0) is 21.7. The number of amides is 3. The molecule has 1 aromatic carbocycles. The van der Waals surface area contributed by atoms with Gasteiger partial charge >= 0.3 is 0 Å². The molecular weight excluding hydrogens is 390 g/mol. The van der Waals surface area contributed by atoms with E-state index in [9.17, 15) is 14.4 Å². The van der Waals surface area contributed by atoms with Crippen LogP contribution in [0.15, 0.2) is 24.3 Å². The highest BCUT2D eigenvalue weighted by Gasteiger charge is 2.47. The van der Waals surface area contributed by atoms with Crippen LogP contribution >= 0.6 is 0 Å². The summed E-state index contributed by atoms with van der Waals surface area (Å²) in [6.07, 6.45) is 4.65. The minimum atomic E-state index is -0.423. The van der Waals surface area contributed by atoms with E-state index in [0.29, 0.717) is 43.8 Å². The third-order valence-corrected chi connectivity index (χ3v) is 8.11. The zero-order valence-electron chi connectivity index (χ0n) is 18.6. The van der Waals surface area contributed by atoms with Gasteiger partial charge in [0, 0.05) is 44.2 Å². The van der Waals surface area contributed by atoms with Crippen molar-refractivity contribution in [1.29, 1.82) is 0 Å². The van der Waals surface area contributed by atoms with Crippen molar-refractivity contribution in [1.82, 2.24) is 14.7 Å². The van der Waals surface area contributed by atoms with E-state index in [1.54, 1.807) is 0 Å². The van der Waals surface area contributed by atoms with E-state index in [2.05, 4.69) is 18.7 Å². The Kier molecular flexibility index (Phi) is 5.27. The zero-order valence-corrected chi connectivity index (χ0v) is 18.6. The monoisotopic (exact) mass is 423 g/mol. The summed E-state index contributed by atoms with van der Waals surface area (Å²) in [5, 5.41) is 0. The number of nitrogens with zero attached hydrogens (tertiary/aromatic N) is 3. The standard InChI is InChI=1S/C25H33N3O3/c1-3-16(2)23(28-15-18-7-4-5-8-20(18)24(28)30)25(31)26-12-17-11-19(14-26)21-9-6-10-22(29)27(21)13-17/h4-5,7-8,16-17,19,21,23H,3,6,9-15H2,1-2H3/t16-,17-,19-,21+,23-/m0/s1. The summed E-state index contributed by atoms with van der Waals surface area (Å²) in [5.74, 6) is 1.19. The van der Waals surface area contributed by atoms with Gasteiger partial charge in [-0.15, -0.1) is 0 Å². The van der Waals surface area contributed by atoms with Crippen LogP contribution in [0.5, 0.6) is 0 Å². The first-order valence-electron chi connectivity index (χ1n) is 11.9. The topological polar surface area (TPSA) is 60.9 Å². The summed E-state index contributed by atoms with van der Waals surface area (Å²) in [6, 6.07) is 7.57. The van der Waals surface area contributed by atoms with Crippen LogP contribution in [0.4, 0.5) is 0 Å². The Balaban J connectivity index is 1.37. The largest absolute Gasteiger partial charge is 0.340 e. The molecule has 2 bridgehead atoms. The van der Waals surface area contributed by atoms with Crippen molar-refractivity contribution in [2.75, 3.05) is 19.6 Å². The molecule has 4 heterocycles. The molecule has 31 heavy (non-hydrogen) atoms. The Hall–Kier alpha value is -2.37. The SMILES string of the molecule is CC[C@H](C)[C@@H](C(=O)N1C[C@@H]2C[C@@H](C1)[C@H]1CCCC(=O)N1C2)N1Cc2ccccc2C1=O. The smallest absolute Gasteiger partial charge is 0.255 e. The molecule has 3 saturated heterocycles. The molecule has 3 amide bonds. The van der Waals surface area contributed by atoms with Gasteiger partial charge in [0.15, 0.2) is 0 Å².